The molecule has 2 rings (SSSR count). The van der Waals surface area contributed by atoms with Gasteiger partial charge >= 0.3 is 5.97 Å². The molecule has 5 heteroatoms. The largest absolute Gasteiger partial charge is 0.478 e. The number of carboxylic acid groups (broad SMARTS) is 1. The number of rotatable bonds is 4. The summed E-state index contributed by atoms with van der Waals surface area (Å²) in [6.07, 6.45) is 1.05. The average Bonchev–Trinajstić information content (AvgIpc) is 2.81. The van der Waals surface area contributed by atoms with E-state index in [1.165, 1.54) is 12.1 Å². The number of aromatic carboxylic acids is 1. The number of hydrogen-bond acceptors (Lipinski definition) is 3. The number of hydrogen-bond donors (Lipinski definition) is 2. The molecule has 0 saturated carbocycles. The van der Waals surface area contributed by atoms with Gasteiger partial charge in [-0.15, -0.1) is 0 Å². The van der Waals surface area contributed by atoms with E-state index in [2.05, 4.69) is 5.32 Å². The van der Waals surface area contributed by atoms with Gasteiger partial charge in [0, 0.05) is 19.1 Å². The molecule has 2 unspecified atom stereocenters. The van der Waals surface area contributed by atoms with E-state index in [4.69, 9.17) is 9.84 Å². The second-order valence-corrected chi connectivity index (χ2v) is 4.69. The second kappa shape index (κ2) is 5.84. The highest BCUT2D eigenvalue weighted by molar-refractivity contribution is 6.04. The van der Waals surface area contributed by atoms with E-state index in [9.17, 15) is 9.59 Å². The monoisotopic (exact) mass is 263 g/mol. The second-order valence-electron chi connectivity index (χ2n) is 4.69. The van der Waals surface area contributed by atoms with E-state index in [0.717, 1.165) is 6.42 Å². The highest BCUT2D eigenvalue weighted by Gasteiger charge is 2.25. The lowest BCUT2D eigenvalue weighted by Gasteiger charge is -2.15. The summed E-state index contributed by atoms with van der Waals surface area (Å²) in [7, 11) is 0. The van der Waals surface area contributed by atoms with Gasteiger partial charge in [-0.1, -0.05) is 12.1 Å². The number of carbonyl (C=O) groups excluding carboxylic acids is 1. The molecule has 1 aliphatic rings. The molecule has 5 nitrogen and oxygen atoms in total. The molecule has 1 saturated heterocycles. The smallest absolute Gasteiger partial charge is 0.336 e. The Balaban J connectivity index is 2.02. The van der Waals surface area contributed by atoms with Gasteiger partial charge in [-0.25, -0.2) is 4.79 Å². The van der Waals surface area contributed by atoms with Crippen molar-refractivity contribution in [2.75, 3.05) is 13.2 Å². The van der Waals surface area contributed by atoms with Crippen LogP contribution in [0.4, 0.5) is 0 Å². The van der Waals surface area contributed by atoms with Gasteiger partial charge in [0.05, 0.1) is 17.2 Å². The van der Waals surface area contributed by atoms with E-state index in [1.54, 1.807) is 12.1 Å². The Morgan fingerprint density at radius 1 is 1.37 bits per heavy atom. The molecule has 0 radical (unpaired) electrons. The van der Waals surface area contributed by atoms with Crippen LogP contribution in [0, 0.1) is 5.92 Å². The summed E-state index contributed by atoms with van der Waals surface area (Å²) in [6.45, 7) is 3.20. The zero-order chi connectivity index (χ0) is 13.8. The average molecular weight is 263 g/mol. The van der Waals surface area contributed by atoms with Crippen LogP contribution in [0.5, 0.6) is 0 Å². The molecule has 0 aliphatic carbocycles. The topological polar surface area (TPSA) is 75.6 Å². The summed E-state index contributed by atoms with van der Waals surface area (Å²) in [5.41, 5.74) is 0.220. The van der Waals surface area contributed by atoms with Gasteiger partial charge in [0.2, 0.25) is 0 Å². The summed E-state index contributed by atoms with van der Waals surface area (Å²) >= 11 is 0. The van der Waals surface area contributed by atoms with Gasteiger partial charge < -0.3 is 15.2 Å². The van der Waals surface area contributed by atoms with Crippen molar-refractivity contribution >= 4 is 11.9 Å². The van der Waals surface area contributed by atoms with Crippen LogP contribution in [0.3, 0.4) is 0 Å². The highest BCUT2D eigenvalue weighted by atomic mass is 16.5. The molecule has 1 heterocycles. The number of carboxylic acids is 1. The number of ether oxygens (including phenoxy) is 1. The Morgan fingerprint density at radius 3 is 2.63 bits per heavy atom. The Bertz CT molecular complexity index is 486. The number of carbonyl (C=O) groups is 2. The van der Waals surface area contributed by atoms with Crippen molar-refractivity contribution in [1.82, 2.24) is 5.32 Å². The summed E-state index contributed by atoms with van der Waals surface area (Å²) < 4.78 is 5.42. The van der Waals surface area contributed by atoms with Crippen molar-refractivity contribution in [3.05, 3.63) is 35.4 Å². The molecule has 0 bridgehead atoms. The number of amides is 1. The van der Waals surface area contributed by atoms with Crippen molar-refractivity contribution in [1.29, 1.82) is 0 Å². The van der Waals surface area contributed by atoms with Gasteiger partial charge in [-0.3, -0.25) is 4.79 Å². The minimum absolute atomic E-state index is 0.0238. The first-order valence-electron chi connectivity index (χ1n) is 6.31. The zero-order valence-electron chi connectivity index (χ0n) is 10.8. The molecule has 1 fully saturated rings. The molecular formula is C14H17NO4. The highest BCUT2D eigenvalue weighted by Crippen LogP contribution is 2.19. The summed E-state index contributed by atoms with van der Waals surface area (Å²) in [5, 5.41) is 11.8. The van der Waals surface area contributed by atoms with Crippen LogP contribution in [-0.4, -0.2) is 36.2 Å². The van der Waals surface area contributed by atoms with Gasteiger partial charge in [0.25, 0.3) is 5.91 Å². The third-order valence-electron chi connectivity index (χ3n) is 3.46. The van der Waals surface area contributed by atoms with Crippen LogP contribution < -0.4 is 5.32 Å². The van der Waals surface area contributed by atoms with Crippen molar-refractivity contribution in [3.8, 4) is 0 Å². The van der Waals surface area contributed by atoms with E-state index < -0.39 is 5.97 Å². The van der Waals surface area contributed by atoms with Crippen LogP contribution in [0.2, 0.25) is 0 Å². The van der Waals surface area contributed by atoms with Gasteiger partial charge in [-0.05, 0) is 25.5 Å². The van der Waals surface area contributed by atoms with Crippen LogP contribution >= 0.6 is 0 Å². The fraction of sp³-hybridized carbons (Fsp3) is 0.429. The minimum atomic E-state index is -1.09. The first-order valence-corrected chi connectivity index (χ1v) is 6.31. The maximum atomic E-state index is 12.0. The van der Waals surface area contributed by atoms with E-state index >= 15 is 0 Å². The summed E-state index contributed by atoms with van der Waals surface area (Å²) in [6, 6.07) is 6.21. The lowest BCUT2D eigenvalue weighted by molar-refractivity contribution is 0.0690. The fourth-order valence-corrected chi connectivity index (χ4v) is 2.23. The number of nitrogens with one attached hydrogen (secondary N) is 1. The van der Waals surface area contributed by atoms with Crippen molar-refractivity contribution in [3.63, 3.8) is 0 Å². The Labute approximate surface area is 111 Å². The van der Waals surface area contributed by atoms with Crippen molar-refractivity contribution < 1.29 is 19.4 Å². The quantitative estimate of drug-likeness (QED) is 0.864. The first kappa shape index (κ1) is 13.5. The molecule has 0 aromatic heterocycles. The van der Waals surface area contributed by atoms with Gasteiger partial charge in [0.15, 0.2) is 0 Å². The van der Waals surface area contributed by atoms with Gasteiger partial charge in [-0.2, -0.15) is 0 Å². The summed E-state index contributed by atoms with van der Waals surface area (Å²) in [4.78, 5) is 23.1. The molecule has 19 heavy (non-hydrogen) atoms. The van der Waals surface area contributed by atoms with Gasteiger partial charge in [0.1, 0.15) is 0 Å². The standard InChI is InChI=1S/C14H17NO4/c1-9-10(6-7-19-9)8-15-13(16)11-4-2-3-5-12(11)14(17)18/h2-5,9-10H,6-8H2,1H3,(H,15,16)(H,17,18). The van der Waals surface area contributed by atoms with Crippen molar-refractivity contribution in [2.24, 2.45) is 5.92 Å². The van der Waals surface area contributed by atoms with E-state index in [0.29, 0.717) is 19.1 Å². The van der Waals surface area contributed by atoms with Crippen LogP contribution in [-0.2, 0) is 4.74 Å². The van der Waals surface area contributed by atoms with Crippen molar-refractivity contribution in [2.45, 2.75) is 19.4 Å². The zero-order valence-corrected chi connectivity index (χ0v) is 10.8. The molecule has 1 aromatic rings. The minimum Gasteiger partial charge on any atom is -0.478 e. The first-order chi connectivity index (χ1) is 9.09. The third-order valence-corrected chi connectivity index (χ3v) is 3.46. The lowest BCUT2D eigenvalue weighted by Crippen LogP contribution is -2.32. The maximum Gasteiger partial charge on any atom is 0.336 e. The summed E-state index contributed by atoms with van der Waals surface area (Å²) in [5.74, 6) is -1.15. The number of benzene rings is 1. The third kappa shape index (κ3) is 3.12. The predicted octanol–water partition coefficient (Wildman–Crippen LogP) is 1.54. The van der Waals surface area contributed by atoms with E-state index in [-0.39, 0.29) is 23.1 Å². The molecule has 0 spiro atoms. The predicted molar refractivity (Wildman–Crippen MR) is 69.3 cm³/mol. The fourth-order valence-electron chi connectivity index (χ4n) is 2.23. The lowest BCUT2D eigenvalue weighted by atomic mass is 10.0. The van der Waals surface area contributed by atoms with Crippen LogP contribution in [0.25, 0.3) is 0 Å². The molecule has 1 amide bonds. The maximum absolute atomic E-state index is 12.0. The molecule has 2 N–H and O–H groups in total. The Morgan fingerprint density at radius 2 is 2.05 bits per heavy atom. The Kier molecular flexibility index (Phi) is 4.16. The Hall–Kier alpha value is -1.88. The molecule has 1 aliphatic heterocycles. The normalized spacial score (nSPS) is 22.2. The van der Waals surface area contributed by atoms with Crippen LogP contribution in [0.15, 0.2) is 24.3 Å². The van der Waals surface area contributed by atoms with E-state index in [1.807, 2.05) is 6.92 Å². The molecule has 2 atom stereocenters. The SMILES string of the molecule is CC1OCCC1CNC(=O)c1ccccc1C(=O)O. The molecular weight excluding hydrogens is 246 g/mol. The molecule has 102 valence electrons. The molecule has 1 aromatic carbocycles. The van der Waals surface area contributed by atoms with Crippen LogP contribution in [0.1, 0.15) is 34.1 Å².